The summed E-state index contributed by atoms with van der Waals surface area (Å²) >= 11 is 0. The number of hydrogen-bond donors (Lipinski definition) is 0. The van der Waals surface area contributed by atoms with Crippen molar-refractivity contribution >= 4 is 5.91 Å². The van der Waals surface area contributed by atoms with Gasteiger partial charge in [-0.15, -0.1) is 0 Å². The van der Waals surface area contributed by atoms with Gasteiger partial charge < -0.3 is 9.42 Å². The molecule has 0 aromatic carbocycles. The van der Waals surface area contributed by atoms with Crippen molar-refractivity contribution in [3.63, 3.8) is 0 Å². The Labute approximate surface area is 163 Å². The highest BCUT2D eigenvalue weighted by Crippen LogP contribution is 2.33. The fourth-order valence-electron chi connectivity index (χ4n) is 4.81. The average Bonchev–Trinajstić information content (AvgIpc) is 2.98. The van der Waals surface area contributed by atoms with Gasteiger partial charge in [0.15, 0.2) is 0 Å². The normalized spacial score (nSPS) is 21.3. The smallest absolute Gasteiger partial charge is 0.225 e. The second-order valence-corrected chi connectivity index (χ2v) is 8.50. The molecule has 0 atom stereocenters. The minimum atomic E-state index is 0.182. The van der Waals surface area contributed by atoms with Crippen LogP contribution in [0.15, 0.2) is 4.52 Å². The summed E-state index contributed by atoms with van der Waals surface area (Å²) in [6.07, 6.45) is 4.02. The van der Waals surface area contributed by atoms with E-state index in [2.05, 4.69) is 40.8 Å². The Kier molecular flexibility index (Phi) is 6.26. The van der Waals surface area contributed by atoms with Crippen molar-refractivity contribution < 1.29 is 9.32 Å². The van der Waals surface area contributed by atoms with Crippen molar-refractivity contribution in [1.29, 1.82) is 0 Å². The predicted octanol–water partition coefficient (Wildman–Crippen LogP) is 2.84. The third-order valence-corrected chi connectivity index (χ3v) is 6.98. The Morgan fingerprint density at radius 1 is 1.15 bits per heavy atom. The summed E-state index contributed by atoms with van der Waals surface area (Å²) in [4.78, 5) is 19.9. The molecule has 0 aliphatic carbocycles. The van der Waals surface area contributed by atoms with Gasteiger partial charge in [-0.05, 0) is 46.6 Å². The first-order chi connectivity index (χ1) is 12.9. The third kappa shape index (κ3) is 4.06. The summed E-state index contributed by atoms with van der Waals surface area (Å²) in [6, 6.07) is 0. The fourth-order valence-corrected chi connectivity index (χ4v) is 4.81. The summed E-state index contributed by atoms with van der Waals surface area (Å²) < 4.78 is 5.35. The molecule has 152 valence electrons. The van der Waals surface area contributed by atoms with E-state index in [0.717, 1.165) is 76.4 Å². The first kappa shape index (κ1) is 20.3. The number of piperidine rings is 1. The molecule has 3 rings (SSSR count). The Morgan fingerprint density at radius 3 is 2.37 bits per heavy atom. The summed E-state index contributed by atoms with van der Waals surface area (Å²) in [5, 5.41) is 4.11. The second kappa shape index (κ2) is 8.31. The van der Waals surface area contributed by atoms with E-state index >= 15 is 0 Å². The van der Waals surface area contributed by atoms with Crippen LogP contribution < -0.4 is 0 Å². The van der Waals surface area contributed by atoms with Gasteiger partial charge in [-0.3, -0.25) is 14.6 Å². The van der Waals surface area contributed by atoms with E-state index in [4.69, 9.17) is 4.52 Å². The van der Waals surface area contributed by atoms with Crippen LogP contribution in [-0.2, 0) is 11.3 Å². The van der Waals surface area contributed by atoms with Crippen LogP contribution in [0.3, 0.4) is 0 Å². The molecule has 6 nitrogen and oxygen atoms in total. The molecule has 0 unspecified atom stereocenters. The van der Waals surface area contributed by atoms with E-state index in [1.807, 2.05) is 13.8 Å². The molecule has 1 aromatic rings. The van der Waals surface area contributed by atoms with Gasteiger partial charge in [0.2, 0.25) is 5.91 Å². The maximum Gasteiger partial charge on any atom is 0.225 e. The monoisotopic (exact) mass is 376 g/mol. The Balaban J connectivity index is 1.64. The number of likely N-dealkylation sites (N-methyl/N-ethyl adjacent to an activating group) is 1. The zero-order chi connectivity index (χ0) is 19.6. The molecule has 0 bridgehead atoms. The zero-order valence-corrected chi connectivity index (χ0v) is 17.8. The zero-order valence-electron chi connectivity index (χ0n) is 17.8. The van der Waals surface area contributed by atoms with Crippen LogP contribution in [0, 0.1) is 19.8 Å². The lowest BCUT2D eigenvalue weighted by atomic mass is 9.83. The molecule has 2 aliphatic heterocycles. The van der Waals surface area contributed by atoms with Gasteiger partial charge >= 0.3 is 0 Å². The number of piperazine rings is 1. The van der Waals surface area contributed by atoms with E-state index in [9.17, 15) is 4.79 Å². The first-order valence-electron chi connectivity index (χ1n) is 10.5. The van der Waals surface area contributed by atoms with Crippen molar-refractivity contribution in [2.24, 2.45) is 5.92 Å². The standard InChI is InChI=1S/C21H36N4O2/c1-6-18(7-2)20(26)25-10-8-21(9-11-25)15-24(13-12-23(21)5)14-19-16(3)22-27-17(19)4/h18H,6-15H2,1-5H3. The van der Waals surface area contributed by atoms with Crippen LogP contribution >= 0.6 is 0 Å². The number of hydrogen-bond acceptors (Lipinski definition) is 5. The number of aromatic nitrogens is 1. The number of carbonyl (C=O) groups is 1. The quantitative estimate of drug-likeness (QED) is 0.791. The molecule has 2 aliphatic rings. The minimum absolute atomic E-state index is 0.182. The topological polar surface area (TPSA) is 52.8 Å². The molecule has 0 radical (unpaired) electrons. The van der Waals surface area contributed by atoms with E-state index < -0.39 is 0 Å². The molecule has 1 aromatic heterocycles. The van der Waals surface area contributed by atoms with Gasteiger partial charge in [-0.1, -0.05) is 19.0 Å². The molecule has 0 N–H and O–H groups in total. The first-order valence-corrected chi connectivity index (χ1v) is 10.5. The third-order valence-electron chi connectivity index (χ3n) is 6.98. The van der Waals surface area contributed by atoms with Crippen LogP contribution in [0.4, 0.5) is 0 Å². The highest BCUT2D eigenvalue weighted by atomic mass is 16.5. The van der Waals surface area contributed by atoms with Crippen molar-refractivity contribution in [2.75, 3.05) is 39.8 Å². The average molecular weight is 377 g/mol. The van der Waals surface area contributed by atoms with Gasteiger partial charge in [0.1, 0.15) is 5.76 Å². The summed E-state index contributed by atoms with van der Waals surface area (Å²) in [6.45, 7) is 14.2. The SMILES string of the molecule is CCC(CC)C(=O)N1CCC2(CC1)CN(Cc1c(C)noc1C)CCN2C. The lowest BCUT2D eigenvalue weighted by Gasteiger charge is -2.53. The Bertz CT molecular complexity index is 625. The maximum atomic E-state index is 12.7. The van der Waals surface area contributed by atoms with Crippen LogP contribution in [-0.4, -0.2) is 71.1 Å². The largest absolute Gasteiger partial charge is 0.361 e. The van der Waals surface area contributed by atoms with Crippen molar-refractivity contribution in [2.45, 2.75) is 65.5 Å². The number of rotatable bonds is 5. The summed E-state index contributed by atoms with van der Waals surface area (Å²) in [7, 11) is 2.26. The Morgan fingerprint density at radius 2 is 1.81 bits per heavy atom. The summed E-state index contributed by atoms with van der Waals surface area (Å²) in [5.41, 5.74) is 2.42. The Hall–Kier alpha value is -1.40. The highest BCUT2D eigenvalue weighted by molar-refractivity contribution is 5.78. The second-order valence-electron chi connectivity index (χ2n) is 8.50. The van der Waals surface area contributed by atoms with Gasteiger partial charge in [-0.2, -0.15) is 0 Å². The van der Waals surface area contributed by atoms with Crippen LogP contribution in [0.2, 0.25) is 0 Å². The molecule has 6 heteroatoms. The molecular formula is C21H36N4O2. The number of amides is 1. The molecule has 0 saturated carbocycles. The van der Waals surface area contributed by atoms with Gasteiger partial charge in [0, 0.05) is 56.3 Å². The maximum absolute atomic E-state index is 12.7. The molecule has 1 spiro atoms. The number of nitrogens with zero attached hydrogens (tertiary/aromatic N) is 4. The minimum Gasteiger partial charge on any atom is -0.361 e. The van der Waals surface area contributed by atoms with Gasteiger partial charge in [-0.25, -0.2) is 0 Å². The van der Waals surface area contributed by atoms with Crippen LogP contribution in [0.25, 0.3) is 0 Å². The van der Waals surface area contributed by atoms with Gasteiger partial charge in [0.05, 0.1) is 5.69 Å². The summed E-state index contributed by atoms with van der Waals surface area (Å²) in [5.74, 6) is 1.49. The van der Waals surface area contributed by atoms with E-state index in [0.29, 0.717) is 5.91 Å². The lowest BCUT2D eigenvalue weighted by molar-refractivity contribution is -0.139. The lowest BCUT2D eigenvalue weighted by Crippen LogP contribution is -2.64. The highest BCUT2D eigenvalue weighted by Gasteiger charge is 2.43. The van der Waals surface area contributed by atoms with Crippen molar-refractivity contribution in [3.8, 4) is 0 Å². The molecule has 1 amide bonds. The van der Waals surface area contributed by atoms with E-state index in [1.165, 1.54) is 5.56 Å². The van der Waals surface area contributed by atoms with Crippen LogP contribution in [0.5, 0.6) is 0 Å². The molecule has 27 heavy (non-hydrogen) atoms. The molecule has 2 saturated heterocycles. The van der Waals surface area contributed by atoms with Crippen LogP contribution in [0.1, 0.15) is 56.5 Å². The van der Waals surface area contributed by atoms with E-state index in [1.54, 1.807) is 0 Å². The molecule has 2 fully saturated rings. The van der Waals surface area contributed by atoms with E-state index in [-0.39, 0.29) is 11.5 Å². The molecule has 3 heterocycles. The number of aryl methyl sites for hydroxylation is 2. The van der Waals surface area contributed by atoms with Crippen molar-refractivity contribution in [1.82, 2.24) is 19.9 Å². The van der Waals surface area contributed by atoms with Gasteiger partial charge in [0.25, 0.3) is 0 Å². The fraction of sp³-hybridized carbons (Fsp3) is 0.810. The predicted molar refractivity (Wildman–Crippen MR) is 107 cm³/mol. The number of likely N-dealkylation sites (tertiary alicyclic amines) is 1. The molecular weight excluding hydrogens is 340 g/mol. The van der Waals surface area contributed by atoms with Crippen molar-refractivity contribution in [3.05, 3.63) is 17.0 Å². The number of carbonyl (C=O) groups excluding carboxylic acids is 1.